The highest BCUT2D eigenvalue weighted by Crippen LogP contribution is 2.20. The van der Waals surface area contributed by atoms with Crippen LogP contribution in [0.2, 0.25) is 0 Å². The zero-order chi connectivity index (χ0) is 16.3. The topological polar surface area (TPSA) is 95.1 Å². The molecule has 0 radical (unpaired) electrons. The highest BCUT2D eigenvalue weighted by molar-refractivity contribution is 5.79. The van der Waals surface area contributed by atoms with Crippen LogP contribution in [0.25, 0.3) is 0 Å². The number of hydrogen-bond donors (Lipinski definition) is 3. The van der Waals surface area contributed by atoms with Crippen molar-refractivity contribution in [1.29, 1.82) is 0 Å². The van der Waals surface area contributed by atoms with E-state index >= 15 is 0 Å². The van der Waals surface area contributed by atoms with Crippen LogP contribution in [-0.4, -0.2) is 21.0 Å². The maximum Gasteiger partial charge on any atom is 0.258 e. The Bertz CT molecular complexity index is 753. The summed E-state index contributed by atoms with van der Waals surface area (Å²) in [6.45, 7) is 5.90. The molecule has 6 nitrogen and oxygen atoms in total. The Morgan fingerprint density at radius 3 is 2.82 bits per heavy atom. The number of aryl methyl sites for hydroxylation is 1. The number of aromatic nitrogens is 2. The van der Waals surface area contributed by atoms with Crippen LogP contribution >= 0.6 is 0 Å². The average molecular weight is 301 g/mol. The first-order chi connectivity index (χ1) is 10.4. The lowest BCUT2D eigenvalue weighted by Crippen LogP contribution is -2.30. The van der Waals surface area contributed by atoms with Gasteiger partial charge in [0.25, 0.3) is 5.56 Å². The maximum absolute atomic E-state index is 12.1. The quantitative estimate of drug-likeness (QED) is 0.797. The van der Waals surface area contributed by atoms with Crippen molar-refractivity contribution >= 4 is 5.91 Å². The van der Waals surface area contributed by atoms with Gasteiger partial charge in [0.1, 0.15) is 0 Å². The van der Waals surface area contributed by atoms with Crippen molar-refractivity contribution in [3.05, 3.63) is 57.1 Å². The normalized spacial score (nSPS) is 12.0. The van der Waals surface area contributed by atoms with E-state index in [1.807, 2.05) is 39.0 Å². The molecule has 0 fully saturated rings. The summed E-state index contributed by atoms with van der Waals surface area (Å²) in [5.41, 5.74) is 2.75. The third kappa shape index (κ3) is 3.33. The molecule has 6 heteroatoms. The number of amides is 1. The molecule has 1 aromatic carbocycles. The molecule has 1 atom stereocenters. The van der Waals surface area contributed by atoms with E-state index in [4.69, 9.17) is 0 Å². The number of aromatic hydroxyl groups is 1. The van der Waals surface area contributed by atoms with E-state index < -0.39 is 11.4 Å². The summed E-state index contributed by atoms with van der Waals surface area (Å²) in [6, 6.07) is 5.73. The van der Waals surface area contributed by atoms with Gasteiger partial charge in [0, 0.05) is 0 Å². The third-order valence-corrected chi connectivity index (χ3v) is 3.75. The molecular weight excluding hydrogens is 282 g/mol. The van der Waals surface area contributed by atoms with Crippen LogP contribution in [0.5, 0.6) is 5.88 Å². The SMILES string of the molecule is Cc1cccc(C(C)NC(=O)Cc2c(O)nc[nH]c2=O)c1C. The van der Waals surface area contributed by atoms with Crippen LogP contribution in [0.1, 0.15) is 35.2 Å². The second-order valence-corrected chi connectivity index (χ2v) is 5.29. The summed E-state index contributed by atoms with van der Waals surface area (Å²) in [5, 5.41) is 12.4. The second kappa shape index (κ2) is 6.43. The van der Waals surface area contributed by atoms with Crippen LogP contribution in [0.15, 0.2) is 29.3 Å². The molecule has 0 aliphatic carbocycles. The summed E-state index contributed by atoms with van der Waals surface area (Å²) < 4.78 is 0. The Morgan fingerprint density at radius 1 is 1.41 bits per heavy atom. The van der Waals surface area contributed by atoms with E-state index in [1.165, 1.54) is 0 Å². The summed E-state index contributed by atoms with van der Waals surface area (Å²) in [4.78, 5) is 29.6. The van der Waals surface area contributed by atoms with E-state index in [2.05, 4.69) is 15.3 Å². The number of hydrogen-bond acceptors (Lipinski definition) is 4. The highest BCUT2D eigenvalue weighted by atomic mass is 16.3. The Labute approximate surface area is 128 Å². The van der Waals surface area contributed by atoms with Crippen molar-refractivity contribution in [2.24, 2.45) is 0 Å². The van der Waals surface area contributed by atoms with Gasteiger partial charge in [0.15, 0.2) is 0 Å². The number of benzene rings is 1. The first-order valence-electron chi connectivity index (χ1n) is 7.01. The average Bonchev–Trinajstić information content (AvgIpc) is 2.46. The molecule has 1 heterocycles. The van der Waals surface area contributed by atoms with Crippen molar-refractivity contribution in [2.45, 2.75) is 33.2 Å². The van der Waals surface area contributed by atoms with Gasteiger partial charge in [-0.15, -0.1) is 0 Å². The first kappa shape index (κ1) is 15.8. The first-order valence-corrected chi connectivity index (χ1v) is 7.01. The van der Waals surface area contributed by atoms with Gasteiger partial charge in [-0.2, -0.15) is 0 Å². The van der Waals surface area contributed by atoms with Gasteiger partial charge in [0.2, 0.25) is 11.8 Å². The molecule has 1 aromatic heterocycles. The van der Waals surface area contributed by atoms with Gasteiger partial charge >= 0.3 is 0 Å². The van der Waals surface area contributed by atoms with E-state index in [0.29, 0.717) is 0 Å². The largest absolute Gasteiger partial charge is 0.493 e. The zero-order valence-corrected chi connectivity index (χ0v) is 12.8. The molecule has 2 aromatic rings. The maximum atomic E-state index is 12.1. The van der Waals surface area contributed by atoms with Gasteiger partial charge in [-0.3, -0.25) is 9.59 Å². The molecule has 0 saturated heterocycles. The molecular formula is C16H19N3O3. The fourth-order valence-electron chi connectivity index (χ4n) is 2.35. The number of nitrogens with one attached hydrogen (secondary N) is 2. The molecule has 0 aliphatic rings. The Morgan fingerprint density at radius 2 is 2.14 bits per heavy atom. The molecule has 3 N–H and O–H groups in total. The van der Waals surface area contributed by atoms with E-state index in [9.17, 15) is 14.7 Å². The lowest BCUT2D eigenvalue weighted by Gasteiger charge is -2.18. The number of nitrogens with zero attached hydrogens (tertiary/aromatic N) is 1. The van der Waals surface area contributed by atoms with Crippen LogP contribution in [-0.2, 0) is 11.2 Å². The number of aromatic amines is 1. The highest BCUT2D eigenvalue weighted by Gasteiger charge is 2.16. The molecule has 0 aliphatic heterocycles. The minimum absolute atomic E-state index is 0.0341. The molecule has 116 valence electrons. The van der Waals surface area contributed by atoms with Crippen molar-refractivity contribution < 1.29 is 9.90 Å². The molecule has 22 heavy (non-hydrogen) atoms. The number of rotatable bonds is 4. The van der Waals surface area contributed by atoms with Crippen LogP contribution in [0.3, 0.4) is 0 Å². The summed E-state index contributed by atoms with van der Waals surface area (Å²) >= 11 is 0. The lowest BCUT2D eigenvalue weighted by atomic mass is 9.98. The van der Waals surface area contributed by atoms with Crippen LogP contribution < -0.4 is 10.9 Å². The Balaban J connectivity index is 2.12. The van der Waals surface area contributed by atoms with Crippen molar-refractivity contribution in [2.75, 3.05) is 0 Å². The van der Waals surface area contributed by atoms with Gasteiger partial charge in [-0.05, 0) is 37.5 Å². The van der Waals surface area contributed by atoms with Gasteiger partial charge in [-0.1, -0.05) is 18.2 Å². The minimum atomic E-state index is -0.512. The molecule has 0 saturated carbocycles. The fraction of sp³-hybridized carbons (Fsp3) is 0.312. The molecule has 1 unspecified atom stereocenters. The predicted octanol–water partition coefficient (Wildman–Crippen LogP) is 1.51. The number of carbonyl (C=O) groups excluding carboxylic acids is 1. The van der Waals surface area contributed by atoms with Crippen molar-refractivity contribution in [1.82, 2.24) is 15.3 Å². The van der Waals surface area contributed by atoms with E-state index in [1.54, 1.807) is 0 Å². The summed E-state index contributed by atoms with van der Waals surface area (Å²) in [7, 11) is 0. The predicted molar refractivity (Wildman–Crippen MR) is 82.7 cm³/mol. The standard InChI is InChI=1S/C16H19N3O3/c1-9-5-4-6-12(10(9)2)11(3)19-14(20)7-13-15(21)17-8-18-16(13)22/h4-6,8,11H,7H2,1-3H3,(H,19,20)(H2,17,18,21,22). The van der Waals surface area contributed by atoms with E-state index in [-0.39, 0.29) is 23.9 Å². The van der Waals surface area contributed by atoms with Crippen molar-refractivity contribution in [3.63, 3.8) is 0 Å². The van der Waals surface area contributed by atoms with Gasteiger partial charge < -0.3 is 15.4 Å². The number of carbonyl (C=O) groups is 1. The third-order valence-electron chi connectivity index (χ3n) is 3.75. The molecule has 0 spiro atoms. The lowest BCUT2D eigenvalue weighted by molar-refractivity contribution is -0.121. The van der Waals surface area contributed by atoms with Crippen molar-refractivity contribution in [3.8, 4) is 5.88 Å². The molecule has 1 amide bonds. The van der Waals surface area contributed by atoms with Gasteiger partial charge in [-0.25, -0.2) is 4.98 Å². The fourth-order valence-corrected chi connectivity index (χ4v) is 2.35. The summed E-state index contributed by atoms with van der Waals surface area (Å²) in [5.74, 6) is -0.763. The van der Waals surface area contributed by atoms with Crippen LogP contribution in [0.4, 0.5) is 0 Å². The minimum Gasteiger partial charge on any atom is -0.493 e. The van der Waals surface area contributed by atoms with Gasteiger partial charge in [0.05, 0.1) is 24.4 Å². The van der Waals surface area contributed by atoms with E-state index in [0.717, 1.165) is 23.0 Å². The monoisotopic (exact) mass is 301 g/mol. The van der Waals surface area contributed by atoms with Crippen LogP contribution in [0, 0.1) is 13.8 Å². The number of H-pyrrole nitrogens is 1. The molecule has 0 bridgehead atoms. The Hall–Kier alpha value is -2.63. The second-order valence-electron chi connectivity index (χ2n) is 5.29. The smallest absolute Gasteiger partial charge is 0.258 e. The summed E-state index contributed by atoms with van der Waals surface area (Å²) in [6.07, 6.45) is 0.877. The molecule has 2 rings (SSSR count). The zero-order valence-electron chi connectivity index (χ0n) is 12.8. The Kier molecular flexibility index (Phi) is 4.60.